The zero-order chi connectivity index (χ0) is 35.1. The number of aliphatic hydroxyl groups is 2. The number of piperidine rings is 1. The molecule has 2 aliphatic rings. The second-order valence-electron chi connectivity index (χ2n) is 14.8. The predicted molar refractivity (Wildman–Crippen MR) is 174 cm³/mol. The lowest BCUT2D eigenvalue weighted by Crippen LogP contribution is -2.63. The van der Waals surface area contributed by atoms with Crippen LogP contribution in [0.1, 0.15) is 82.1 Å². The highest BCUT2D eigenvalue weighted by molar-refractivity contribution is 6.38. The quantitative estimate of drug-likeness (QED) is 0.0732. The molecule has 8 atom stereocenters. The van der Waals surface area contributed by atoms with E-state index in [-0.39, 0.29) is 48.3 Å². The van der Waals surface area contributed by atoms with Crippen molar-refractivity contribution in [3.8, 4) is 0 Å². The molecular formula is C33H59N5O8. The Balaban J connectivity index is 2.24. The summed E-state index contributed by atoms with van der Waals surface area (Å²) in [6, 6.07) is -3.63. The average Bonchev–Trinajstić information content (AvgIpc) is 3.26. The van der Waals surface area contributed by atoms with Crippen LogP contribution in [0.3, 0.4) is 0 Å². The van der Waals surface area contributed by atoms with Crippen LogP contribution in [-0.2, 0) is 23.9 Å². The van der Waals surface area contributed by atoms with E-state index >= 15 is 0 Å². The molecule has 2 rings (SSSR count). The number of carbonyl (C=O) groups is 4. The van der Waals surface area contributed by atoms with Crippen LogP contribution in [0.4, 0.5) is 4.79 Å². The Kier molecular flexibility index (Phi) is 14.2. The molecule has 13 heteroatoms. The third kappa shape index (κ3) is 10.2. The van der Waals surface area contributed by atoms with E-state index in [1.165, 1.54) is 6.08 Å². The Morgan fingerprint density at radius 1 is 1.09 bits per heavy atom. The molecule has 2 fully saturated rings. The molecule has 1 saturated heterocycles. The molecule has 0 aromatic rings. The van der Waals surface area contributed by atoms with Crippen LogP contribution in [0.25, 0.3) is 0 Å². The van der Waals surface area contributed by atoms with Gasteiger partial charge in [-0.2, -0.15) is 0 Å². The van der Waals surface area contributed by atoms with E-state index in [4.69, 9.17) is 9.47 Å². The van der Waals surface area contributed by atoms with Crippen molar-refractivity contribution in [2.75, 3.05) is 19.7 Å². The Hall–Kier alpha value is -2.58. The summed E-state index contributed by atoms with van der Waals surface area (Å²) in [5.41, 5.74) is -0.833. The molecule has 6 N–H and O–H groups in total. The fourth-order valence-electron chi connectivity index (χ4n) is 6.25. The Bertz CT molecular complexity index is 1070. The first kappa shape index (κ1) is 39.6. The zero-order valence-electron chi connectivity index (χ0n) is 29.4. The molecule has 0 bridgehead atoms. The van der Waals surface area contributed by atoms with E-state index in [1.807, 2.05) is 41.5 Å². The second kappa shape index (κ2) is 16.5. The highest BCUT2D eigenvalue weighted by Gasteiger charge is 2.69. The van der Waals surface area contributed by atoms with E-state index in [9.17, 15) is 29.4 Å². The van der Waals surface area contributed by atoms with Gasteiger partial charge in [0.2, 0.25) is 11.7 Å². The number of hydrogen-bond acceptors (Lipinski definition) is 9. The lowest BCUT2D eigenvalue weighted by molar-refractivity contribution is -0.279. The van der Waals surface area contributed by atoms with Crippen molar-refractivity contribution in [3.63, 3.8) is 0 Å². The topological polar surface area (TPSA) is 179 Å². The van der Waals surface area contributed by atoms with Gasteiger partial charge in [-0.15, -0.1) is 6.58 Å². The minimum absolute atomic E-state index is 0.0130. The summed E-state index contributed by atoms with van der Waals surface area (Å²) in [7, 11) is 0. The molecule has 1 saturated carbocycles. The number of amides is 4. The molecule has 5 unspecified atom stereocenters. The van der Waals surface area contributed by atoms with Crippen molar-refractivity contribution in [3.05, 3.63) is 12.7 Å². The molecular weight excluding hydrogens is 594 g/mol. The van der Waals surface area contributed by atoms with Crippen molar-refractivity contribution in [1.82, 2.24) is 26.2 Å². The number of ether oxygens (including phenoxy) is 2. The fourth-order valence-corrected chi connectivity index (χ4v) is 6.25. The van der Waals surface area contributed by atoms with Crippen molar-refractivity contribution in [1.29, 1.82) is 0 Å². The van der Waals surface area contributed by atoms with Gasteiger partial charge in [0.1, 0.15) is 12.3 Å². The van der Waals surface area contributed by atoms with Crippen molar-refractivity contribution >= 4 is 23.6 Å². The number of rotatable bonds is 18. The number of Topliss-reactive ketones (excluding diaryl/α,β-unsaturated/α-hetero) is 1. The van der Waals surface area contributed by atoms with Crippen LogP contribution < -0.4 is 21.3 Å². The Labute approximate surface area is 274 Å². The average molecular weight is 654 g/mol. The summed E-state index contributed by atoms with van der Waals surface area (Å²) in [6.07, 6.45) is 0.853. The summed E-state index contributed by atoms with van der Waals surface area (Å²) in [5, 5.41) is 32.7. The first-order valence-electron chi connectivity index (χ1n) is 16.5. The largest absolute Gasteiger partial charge is 0.376 e. The number of hydrogen-bond donors (Lipinski definition) is 6. The molecule has 0 aromatic carbocycles. The number of aliphatic hydroxyl groups excluding tert-OH is 2. The minimum atomic E-state index is -1.44. The van der Waals surface area contributed by atoms with E-state index in [0.717, 1.165) is 0 Å². The van der Waals surface area contributed by atoms with Crippen LogP contribution in [0.5, 0.6) is 0 Å². The smallest absolute Gasteiger partial charge is 0.315 e. The summed E-state index contributed by atoms with van der Waals surface area (Å²) < 4.78 is 10.6. The number of urea groups is 1. The molecule has 1 aliphatic heterocycles. The van der Waals surface area contributed by atoms with Gasteiger partial charge in [0.05, 0.1) is 30.8 Å². The predicted octanol–water partition coefficient (Wildman–Crippen LogP) is 1.87. The van der Waals surface area contributed by atoms with Crippen LogP contribution in [-0.4, -0.2) is 101 Å². The number of fused-ring (bicyclic) bond motifs is 1. The number of likely N-dealkylation sites (tertiary alicyclic amines) is 1. The molecule has 0 radical (unpaired) electrons. The highest BCUT2D eigenvalue weighted by atomic mass is 16.8. The van der Waals surface area contributed by atoms with Crippen molar-refractivity contribution < 1.29 is 38.9 Å². The lowest BCUT2D eigenvalue weighted by atomic mass is 9.85. The second-order valence-corrected chi connectivity index (χ2v) is 14.8. The fraction of sp³-hybridized carbons (Fsp3) is 0.818. The maximum Gasteiger partial charge on any atom is 0.315 e. The van der Waals surface area contributed by atoms with Crippen molar-refractivity contribution in [2.24, 2.45) is 28.6 Å². The summed E-state index contributed by atoms with van der Waals surface area (Å²) in [4.78, 5) is 54.6. The SMILES string of the molecule is C=CCNC(=O)C(=O)C(CCC)NC(O)C1[C@@H]2[C@H](CN1C(=O)C(NC(=O)N[C@H](COC(O)OC(C)C)C(C)C)C(C)(C)C)C2(C)C. The molecule has 13 nitrogen and oxygen atoms in total. The van der Waals surface area contributed by atoms with Gasteiger partial charge in [-0.3, -0.25) is 19.7 Å². The zero-order valence-corrected chi connectivity index (χ0v) is 29.4. The van der Waals surface area contributed by atoms with Crippen LogP contribution in [0.2, 0.25) is 0 Å². The Morgan fingerprint density at radius 2 is 1.72 bits per heavy atom. The standard InChI is InChI=1S/C33H59N5O8/c1-12-14-21(25(39)28(41)34-15-13-2)35-27(40)24-23-20(33(23,10)11)16-38(24)29(42)26(32(7,8)9)37-30(43)36-22(18(3)4)17-45-31(44)46-19(5)6/h13,18-24,26-27,31,35,40,44H,2,12,14-17H2,1,3-11H3,(H,34,41)(H2,36,37,43)/t20-,21?,22+,23-,24?,26?,27?,31?/m0/s1. The van der Waals surface area contributed by atoms with Gasteiger partial charge in [-0.05, 0) is 48.9 Å². The van der Waals surface area contributed by atoms with E-state index in [2.05, 4.69) is 41.7 Å². The maximum atomic E-state index is 14.3. The van der Waals surface area contributed by atoms with Gasteiger partial charge < -0.3 is 40.5 Å². The molecule has 1 aliphatic carbocycles. The van der Waals surface area contributed by atoms with Crippen LogP contribution in [0, 0.1) is 28.6 Å². The first-order chi connectivity index (χ1) is 21.3. The molecule has 46 heavy (non-hydrogen) atoms. The Morgan fingerprint density at radius 3 is 2.24 bits per heavy atom. The van der Waals surface area contributed by atoms with Crippen LogP contribution >= 0.6 is 0 Å². The molecule has 1 heterocycles. The molecule has 0 spiro atoms. The minimum Gasteiger partial charge on any atom is -0.376 e. The van der Waals surface area contributed by atoms with Gasteiger partial charge in [0, 0.05) is 13.1 Å². The third-order valence-electron chi connectivity index (χ3n) is 9.08. The van der Waals surface area contributed by atoms with E-state index in [1.54, 1.807) is 18.7 Å². The van der Waals surface area contributed by atoms with E-state index in [0.29, 0.717) is 19.4 Å². The summed E-state index contributed by atoms with van der Waals surface area (Å²) >= 11 is 0. The van der Waals surface area contributed by atoms with Crippen molar-refractivity contribution in [2.45, 2.75) is 125 Å². The lowest BCUT2D eigenvalue weighted by Gasteiger charge is -2.40. The normalized spacial score (nSPS) is 23.6. The molecule has 264 valence electrons. The summed E-state index contributed by atoms with van der Waals surface area (Å²) in [5.74, 6) is -1.78. The van der Waals surface area contributed by atoms with Gasteiger partial charge in [-0.1, -0.05) is 67.9 Å². The van der Waals surface area contributed by atoms with Gasteiger partial charge in [0.25, 0.3) is 12.4 Å². The number of nitrogens with zero attached hydrogens (tertiary/aromatic N) is 1. The van der Waals surface area contributed by atoms with Gasteiger partial charge >= 0.3 is 6.03 Å². The highest BCUT2D eigenvalue weighted by Crippen LogP contribution is 2.65. The molecule has 0 aromatic heterocycles. The number of ketones is 1. The first-order valence-corrected chi connectivity index (χ1v) is 16.5. The third-order valence-corrected chi connectivity index (χ3v) is 9.08. The van der Waals surface area contributed by atoms with E-state index < -0.39 is 60.0 Å². The summed E-state index contributed by atoms with van der Waals surface area (Å²) in [6.45, 7) is 21.5. The molecule has 4 amide bonds. The van der Waals surface area contributed by atoms with Gasteiger partial charge in [-0.25, -0.2) is 4.79 Å². The maximum absolute atomic E-state index is 14.3. The van der Waals surface area contributed by atoms with Gasteiger partial charge in [0.15, 0.2) is 0 Å². The van der Waals surface area contributed by atoms with Crippen LogP contribution in [0.15, 0.2) is 12.7 Å². The number of carbonyl (C=O) groups excluding carboxylic acids is 4. The number of nitrogens with one attached hydrogen (secondary N) is 4. The monoisotopic (exact) mass is 653 g/mol.